The van der Waals surface area contributed by atoms with Crippen molar-refractivity contribution in [2.75, 3.05) is 30.7 Å². The zero-order valence-electron chi connectivity index (χ0n) is 17.5. The molecule has 0 aliphatic carbocycles. The van der Waals surface area contributed by atoms with E-state index in [2.05, 4.69) is 25.9 Å². The molecule has 6 N–H and O–H groups in total. The number of carbonyl (C=O) groups is 1. The Morgan fingerprint density at radius 2 is 2.19 bits per heavy atom. The van der Waals surface area contributed by atoms with Crippen LogP contribution in [0.5, 0.6) is 5.75 Å². The van der Waals surface area contributed by atoms with Gasteiger partial charge in [0.15, 0.2) is 12.4 Å². The summed E-state index contributed by atoms with van der Waals surface area (Å²) in [4.78, 5) is 21.0. The number of nitrogens with two attached hydrogens (primary N) is 1. The molecule has 1 aliphatic rings. The van der Waals surface area contributed by atoms with Crippen LogP contribution in [-0.4, -0.2) is 47.8 Å². The van der Waals surface area contributed by atoms with E-state index in [1.807, 2.05) is 18.2 Å². The van der Waals surface area contributed by atoms with Crippen molar-refractivity contribution >= 4 is 29.3 Å². The first-order chi connectivity index (χ1) is 15.6. The molecule has 2 heterocycles. The molecule has 1 aromatic heterocycles. The Morgan fingerprint density at radius 3 is 3.00 bits per heavy atom. The summed E-state index contributed by atoms with van der Waals surface area (Å²) in [5, 5.41) is 16.8. The third-order valence-electron chi connectivity index (χ3n) is 5.06. The summed E-state index contributed by atoms with van der Waals surface area (Å²) in [7, 11) is 0. The fourth-order valence-electron chi connectivity index (χ4n) is 3.41. The molecular weight excluding hydrogens is 406 g/mol. The molecule has 3 aromatic rings. The number of benzene rings is 2. The highest BCUT2D eigenvalue weighted by molar-refractivity contribution is 5.87. The minimum absolute atomic E-state index is 0.0467. The fourth-order valence-corrected chi connectivity index (χ4v) is 3.41. The van der Waals surface area contributed by atoms with E-state index >= 15 is 0 Å². The number of rotatable bonds is 8. The third-order valence-corrected chi connectivity index (χ3v) is 5.06. The molecule has 9 heteroatoms. The van der Waals surface area contributed by atoms with Crippen molar-refractivity contribution in [1.82, 2.24) is 20.6 Å². The summed E-state index contributed by atoms with van der Waals surface area (Å²) in [5.41, 5.74) is 8.55. The molecule has 9 nitrogen and oxygen atoms in total. The quantitative estimate of drug-likeness (QED) is 0.272. The lowest BCUT2D eigenvalue weighted by atomic mass is 10.1. The minimum atomic E-state index is -0.139. The first-order valence-electron chi connectivity index (χ1n) is 10.3. The van der Waals surface area contributed by atoms with Crippen LogP contribution in [-0.2, 0) is 4.79 Å². The van der Waals surface area contributed by atoms with E-state index in [9.17, 15) is 4.79 Å². The van der Waals surface area contributed by atoms with Gasteiger partial charge >= 0.3 is 0 Å². The predicted octanol–water partition coefficient (Wildman–Crippen LogP) is 2.32. The summed E-state index contributed by atoms with van der Waals surface area (Å²) in [6.07, 6.45) is 3.81. The van der Waals surface area contributed by atoms with Crippen LogP contribution in [0.3, 0.4) is 0 Å². The van der Waals surface area contributed by atoms with Crippen molar-refractivity contribution in [3.8, 4) is 17.1 Å². The fraction of sp³-hybridized carbons (Fsp3) is 0.217. The van der Waals surface area contributed by atoms with Crippen LogP contribution in [0, 0.1) is 5.41 Å². The molecule has 32 heavy (non-hydrogen) atoms. The summed E-state index contributed by atoms with van der Waals surface area (Å²) < 4.78 is 5.67. The van der Waals surface area contributed by atoms with Crippen LogP contribution in [0.4, 0.5) is 17.2 Å². The van der Waals surface area contributed by atoms with Crippen molar-refractivity contribution < 1.29 is 9.53 Å². The topological polar surface area (TPSA) is 138 Å². The third kappa shape index (κ3) is 5.38. The molecular formula is C23H25N7O2. The van der Waals surface area contributed by atoms with Gasteiger partial charge in [-0.25, -0.2) is 9.97 Å². The number of hydrogen-bond acceptors (Lipinski definition) is 8. The van der Waals surface area contributed by atoms with Gasteiger partial charge in [-0.2, -0.15) is 0 Å². The Kier molecular flexibility index (Phi) is 6.57. The second kappa shape index (κ2) is 9.88. The lowest BCUT2D eigenvalue weighted by molar-refractivity contribution is -0.123. The summed E-state index contributed by atoms with van der Waals surface area (Å²) in [5.74, 6) is 1.55. The van der Waals surface area contributed by atoms with Crippen LogP contribution in [0.25, 0.3) is 11.4 Å². The van der Waals surface area contributed by atoms with E-state index in [0.717, 1.165) is 30.8 Å². The van der Waals surface area contributed by atoms with Gasteiger partial charge in [-0.1, -0.05) is 12.1 Å². The van der Waals surface area contributed by atoms with Crippen LogP contribution < -0.4 is 26.4 Å². The molecule has 1 fully saturated rings. The first kappa shape index (κ1) is 21.3. The molecule has 1 atom stereocenters. The van der Waals surface area contributed by atoms with Gasteiger partial charge in [0.25, 0.3) is 5.91 Å². The summed E-state index contributed by atoms with van der Waals surface area (Å²) in [6.45, 7) is 1.67. The monoisotopic (exact) mass is 431 g/mol. The molecule has 2 aromatic carbocycles. The molecule has 0 bridgehead atoms. The number of carbonyl (C=O) groups excluding carboxylic acids is 1. The highest BCUT2D eigenvalue weighted by atomic mass is 16.5. The van der Waals surface area contributed by atoms with E-state index in [-0.39, 0.29) is 18.6 Å². The van der Waals surface area contributed by atoms with E-state index in [1.165, 1.54) is 6.21 Å². The maximum absolute atomic E-state index is 12.1. The molecule has 0 spiro atoms. The van der Waals surface area contributed by atoms with Gasteiger partial charge in [0, 0.05) is 47.5 Å². The first-order valence-corrected chi connectivity index (χ1v) is 10.3. The van der Waals surface area contributed by atoms with Crippen LogP contribution in [0.15, 0.2) is 54.7 Å². The number of nitrogen functional groups attached to an aromatic ring is 1. The van der Waals surface area contributed by atoms with Gasteiger partial charge in [0.1, 0.15) is 11.6 Å². The number of amides is 1. The standard InChI is InChI=1S/C23H25N7O2/c24-12-16-10-17(4-5-20(16)25)28-21-7-9-27-23(30-21)15-2-1-3-19(11-15)32-14-22(31)29-18-6-8-26-13-18/h1-5,7,9-12,18,24,26H,6,8,13-14,25H2,(H,29,31)(H,27,28,30)/t18-/m1/s1. The van der Waals surface area contributed by atoms with Crippen LogP contribution in [0.2, 0.25) is 0 Å². The Morgan fingerprint density at radius 1 is 1.28 bits per heavy atom. The Labute approximate surface area is 185 Å². The molecule has 1 saturated heterocycles. The van der Waals surface area contributed by atoms with E-state index in [1.54, 1.807) is 36.5 Å². The van der Waals surface area contributed by atoms with E-state index in [4.69, 9.17) is 15.9 Å². The molecule has 1 aliphatic heterocycles. The largest absolute Gasteiger partial charge is 0.484 e. The van der Waals surface area contributed by atoms with Crippen molar-refractivity contribution in [2.45, 2.75) is 12.5 Å². The zero-order valence-corrected chi connectivity index (χ0v) is 17.5. The van der Waals surface area contributed by atoms with Gasteiger partial charge in [-0.3, -0.25) is 4.79 Å². The van der Waals surface area contributed by atoms with Gasteiger partial charge < -0.3 is 31.8 Å². The minimum Gasteiger partial charge on any atom is -0.484 e. The lowest BCUT2D eigenvalue weighted by Gasteiger charge is -2.12. The zero-order chi connectivity index (χ0) is 22.3. The van der Waals surface area contributed by atoms with Gasteiger partial charge in [0.05, 0.1) is 0 Å². The van der Waals surface area contributed by atoms with Crippen molar-refractivity contribution in [3.05, 3.63) is 60.3 Å². The average Bonchev–Trinajstić information content (AvgIpc) is 3.32. The smallest absolute Gasteiger partial charge is 0.258 e. The second-order valence-electron chi connectivity index (χ2n) is 7.45. The predicted molar refractivity (Wildman–Crippen MR) is 124 cm³/mol. The van der Waals surface area contributed by atoms with E-state index < -0.39 is 0 Å². The maximum atomic E-state index is 12.1. The normalized spacial score (nSPS) is 15.2. The number of ether oxygens (including phenoxy) is 1. The van der Waals surface area contributed by atoms with Gasteiger partial charge in [-0.05, 0) is 49.4 Å². The number of nitrogens with zero attached hydrogens (tertiary/aromatic N) is 2. The van der Waals surface area contributed by atoms with Crippen LogP contribution >= 0.6 is 0 Å². The molecule has 0 radical (unpaired) electrons. The average molecular weight is 432 g/mol. The van der Waals surface area contributed by atoms with Gasteiger partial charge in [0.2, 0.25) is 0 Å². The molecule has 1 amide bonds. The Hall–Kier alpha value is -3.98. The highest BCUT2D eigenvalue weighted by Crippen LogP contribution is 2.24. The number of hydrogen-bond donors (Lipinski definition) is 5. The number of aromatic nitrogens is 2. The van der Waals surface area contributed by atoms with Crippen molar-refractivity contribution in [3.63, 3.8) is 0 Å². The van der Waals surface area contributed by atoms with Gasteiger partial charge in [-0.15, -0.1) is 0 Å². The number of anilines is 3. The van der Waals surface area contributed by atoms with Crippen LogP contribution in [0.1, 0.15) is 12.0 Å². The Bertz CT molecular complexity index is 1110. The maximum Gasteiger partial charge on any atom is 0.258 e. The second-order valence-corrected chi connectivity index (χ2v) is 7.45. The molecule has 164 valence electrons. The van der Waals surface area contributed by atoms with Crippen molar-refractivity contribution in [2.24, 2.45) is 0 Å². The Balaban J connectivity index is 1.42. The highest BCUT2D eigenvalue weighted by Gasteiger charge is 2.16. The number of nitrogens with one attached hydrogen (secondary N) is 4. The van der Waals surface area contributed by atoms with E-state index in [0.29, 0.717) is 28.6 Å². The summed E-state index contributed by atoms with van der Waals surface area (Å²) >= 11 is 0. The summed E-state index contributed by atoms with van der Waals surface area (Å²) in [6, 6.07) is 14.6. The van der Waals surface area contributed by atoms with Crippen molar-refractivity contribution in [1.29, 1.82) is 5.41 Å². The molecule has 0 unspecified atom stereocenters. The lowest BCUT2D eigenvalue weighted by Crippen LogP contribution is -2.39. The SMILES string of the molecule is N=Cc1cc(Nc2ccnc(-c3cccc(OCC(=O)N[C@@H]4CCNC4)c3)n2)ccc1N. The molecule has 4 rings (SSSR count). The molecule has 0 saturated carbocycles.